The summed E-state index contributed by atoms with van der Waals surface area (Å²) < 4.78 is 38.8. The van der Waals surface area contributed by atoms with Crippen molar-refractivity contribution in [1.82, 2.24) is 9.97 Å². The lowest BCUT2D eigenvalue weighted by Crippen LogP contribution is -1.95. The molecule has 16 heavy (non-hydrogen) atoms. The Morgan fingerprint density at radius 3 is 2.56 bits per heavy atom. The third-order valence-electron chi connectivity index (χ3n) is 2.01. The van der Waals surface area contributed by atoms with Crippen LogP contribution in [0.5, 0.6) is 0 Å². The van der Waals surface area contributed by atoms with Gasteiger partial charge in [0.05, 0.1) is 17.5 Å². The van der Waals surface area contributed by atoms with Crippen LogP contribution in [0, 0.1) is 17.5 Å². The Balaban J connectivity index is 2.56. The number of hydrogen-bond donors (Lipinski definition) is 1. The van der Waals surface area contributed by atoms with E-state index in [1.54, 1.807) is 0 Å². The van der Waals surface area contributed by atoms with Crippen molar-refractivity contribution in [1.29, 1.82) is 0 Å². The molecule has 1 aromatic heterocycles. The molecule has 2 rings (SSSR count). The summed E-state index contributed by atoms with van der Waals surface area (Å²) >= 11 is 0. The first kappa shape index (κ1) is 10.4. The Morgan fingerprint density at radius 1 is 1.19 bits per heavy atom. The molecule has 1 heterocycles. The fourth-order valence-corrected chi connectivity index (χ4v) is 1.24. The normalized spacial score (nSPS) is 10.4. The lowest BCUT2D eigenvalue weighted by atomic mass is 10.2. The topological polar surface area (TPSA) is 45.8 Å². The van der Waals surface area contributed by atoms with Crippen LogP contribution in [0.25, 0.3) is 11.4 Å². The van der Waals surface area contributed by atoms with Gasteiger partial charge in [-0.1, -0.05) is 0 Å². The number of aldehydes is 1. The summed E-state index contributed by atoms with van der Waals surface area (Å²) in [6.07, 6.45) is 1.65. The molecule has 0 bridgehead atoms. The van der Waals surface area contributed by atoms with Crippen LogP contribution in [-0.4, -0.2) is 16.3 Å². The second-order valence-corrected chi connectivity index (χ2v) is 3.03. The molecule has 2 aromatic rings. The average molecular weight is 226 g/mol. The van der Waals surface area contributed by atoms with E-state index in [1.807, 2.05) is 0 Å². The summed E-state index contributed by atoms with van der Waals surface area (Å²) in [5, 5.41) is 0. The monoisotopic (exact) mass is 226 g/mol. The number of nitrogens with zero attached hydrogens (tertiary/aromatic N) is 1. The van der Waals surface area contributed by atoms with Gasteiger partial charge in [0.25, 0.3) is 0 Å². The zero-order chi connectivity index (χ0) is 11.7. The van der Waals surface area contributed by atoms with Crippen LogP contribution in [0.1, 0.15) is 10.5 Å². The second-order valence-electron chi connectivity index (χ2n) is 3.03. The Morgan fingerprint density at radius 2 is 1.94 bits per heavy atom. The molecule has 0 aliphatic rings. The third-order valence-corrected chi connectivity index (χ3v) is 2.01. The van der Waals surface area contributed by atoms with Crippen molar-refractivity contribution in [3.05, 3.63) is 41.5 Å². The minimum absolute atomic E-state index is 0.0292. The van der Waals surface area contributed by atoms with E-state index in [0.29, 0.717) is 6.29 Å². The molecule has 0 saturated carbocycles. The quantitative estimate of drug-likeness (QED) is 0.630. The lowest BCUT2D eigenvalue weighted by Gasteiger charge is -2.00. The van der Waals surface area contributed by atoms with Crippen LogP contribution >= 0.6 is 0 Å². The number of rotatable bonds is 2. The van der Waals surface area contributed by atoms with E-state index in [0.717, 1.165) is 12.1 Å². The maximum Gasteiger partial charge on any atom is 0.195 e. The van der Waals surface area contributed by atoms with Crippen LogP contribution in [0.4, 0.5) is 13.2 Å². The molecule has 1 aromatic carbocycles. The van der Waals surface area contributed by atoms with Crippen molar-refractivity contribution in [2.24, 2.45) is 0 Å². The van der Waals surface area contributed by atoms with Crippen molar-refractivity contribution < 1.29 is 18.0 Å². The van der Waals surface area contributed by atoms with Gasteiger partial charge in [0.15, 0.2) is 23.7 Å². The highest BCUT2D eigenvalue weighted by Crippen LogP contribution is 2.23. The molecule has 0 spiro atoms. The fourth-order valence-electron chi connectivity index (χ4n) is 1.24. The minimum Gasteiger partial charge on any atom is -0.336 e. The third kappa shape index (κ3) is 1.58. The van der Waals surface area contributed by atoms with Gasteiger partial charge in [-0.3, -0.25) is 4.79 Å². The molecular weight excluding hydrogens is 221 g/mol. The molecule has 3 nitrogen and oxygen atoms in total. The predicted octanol–water partition coefficient (Wildman–Crippen LogP) is 2.31. The van der Waals surface area contributed by atoms with Gasteiger partial charge < -0.3 is 4.98 Å². The highest BCUT2D eigenvalue weighted by atomic mass is 19.2. The predicted molar refractivity (Wildman–Crippen MR) is 49.3 cm³/mol. The van der Waals surface area contributed by atoms with Gasteiger partial charge >= 0.3 is 0 Å². The SMILES string of the molecule is O=Cc1cnc(-c2ccc(F)c(F)c2F)[nH]1. The Hall–Kier alpha value is -2.11. The molecule has 0 unspecified atom stereocenters. The number of aromatic nitrogens is 2. The summed E-state index contributed by atoms with van der Waals surface area (Å²) in [6, 6.07) is 1.83. The van der Waals surface area contributed by atoms with Gasteiger partial charge in [-0.05, 0) is 12.1 Å². The minimum atomic E-state index is -1.57. The highest BCUT2D eigenvalue weighted by molar-refractivity contribution is 5.73. The number of imidazole rings is 1. The van der Waals surface area contributed by atoms with Crippen LogP contribution in [0.3, 0.4) is 0 Å². The van der Waals surface area contributed by atoms with Gasteiger partial charge in [0.2, 0.25) is 0 Å². The smallest absolute Gasteiger partial charge is 0.195 e. The standard InChI is InChI=1S/C10H5F3N2O/c11-7-2-1-6(8(12)9(7)13)10-14-3-5(4-16)15-10/h1-4H,(H,14,15). The first-order valence-corrected chi connectivity index (χ1v) is 4.27. The van der Waals surface area contributed by atoms with E-state index >= 15 is 0 Å². The number of hydrogen-bond acceptors (Lipinski definition) is 2. The largest absolute Gasteiger partial charge is 0.336 e. The van der Waals surface area contributed by atoms with Crippen LogP contribution in [0.2, 0.25) is 0 Å². The zero-order valence-corrected chi connectivity index (χ0v) is 7.80. The summed E-state index contributed by atoms with van der Waals surface area (Å²) in [5.41, 5.74) is -0.105. The first-order chi connectivity index (χ1) is 7.63. The molecule has 0 fully saturated rings. The van der Waals surface area contributed by atoms with Gasteiger partial charge in [-0.15, -0.1) is 0 Å². The van der Waals surface area contributed by atoms with Crippen LogP contribution in [-0.2, 0) is 0 Å². The molecule has 82 valence electrons. The lowest BCUT2D eigenvalue weighted by molar-refractivity contribution is 0.111. The maximum atomic E-state index is 13.3. The van der Waals surface area contributed by atoms with Crippen molar-refractivity contribution in [3.63, 3.8) is 0 Å². The van der Waals surface area contributed by atoms with Crippen molar-refractivity contribution in [2.75, 3.05) is 0 Å². The maximum absolute atomic E-state index is 13.3. The molecule has 0 radical (unpaired) electrons. The van der Waals surface area contributed by atoms with Crippen molar-refractivity contribution >= 4 is 6.29 Å². The van der Waals surface area contributed by atoms with E-state index in [4.69, 9.17) is 0 Å². The zero-order valence-electron chi connectivity index (χ0n) is 7.80. The van der Waals surface area contributed by atoms with E-state index in [9.17, 15) is 18.0 Å². The Bertz CT molecular complexity index is 551. The molecule has 6 heteroatoms. The second kappa shape index (κ2) is 3.80. The number of H-pyrrole nitrogens is 1. The van der Waals surface area contributed by atoms with Crippen molar-refractivity contribution in [2.45, 2.75) is 0 Å². The number of nitrogens with one attached hydrogen (secondary N) is 1. The fraction of sp³-hybridized carbons (Fsp3) is 0. The summed E-state index contributed by atoms with van der Waals surface area (Å²) in [6.45, 7) is 0. The Labute approximate surface area is 87.9 Å². The van der Waals surface area contributed by atoms with Crippen LogP contribution in [0.15, 0.2) is 18.3 Å². The first-order valence-electron chi connectivity index (χ1n) is 4.27. The summed E-state index contributed by atoms with van der Waals surface area (Å²) in [5.74, 6) is -4.21. The van der Waals surface area contributed by atoms with E-state index in [-0.39, 0.29) is 17.1 Å². The van der Waals surface area contributed by atoms with E-state index in [2.05, 4.69) is 9.97 Å². The number of aromatic amines is 1. The molecular formula is C10H5F3N2O. The van der Waals surface area contributed by atoms with Gasteiger partial charge in [-0.2, -0.15) is 0 Å². The highest BCUT2D eigenvalue weighted by Gasteiger charge is 2.16. The number of halogens is 3. The molecule has 0 aliphatic carbocycles. The number of carbonyl (C=O) groups excluding carboxylic acids is 1. The number of benzene rings is 1. The van der Waals surface area contributed by atoms with E-state index in [1.165, 1.54) is 6.20 Å². The van der Waals surface area contributed by atoms with Crippen LogP contribution < -0.4 is 0 Å². The van der Waals surface area contributed by atoms with Gasteiger partial charge in [0, 0.05) is 0 Å². The number of carbonyl (C=O) groups is 1. The summed E-state index contributed by atoms with van der Waals surface area (Å²) in [4.78, 5) is 16.5. The Kier molecular flexibility index (Phi) is 2.47. The average Bonchev–Trinajstić information content (AvgIpc) is 2.74. The molecule has 0 aliphatic heterocycles. The van der Waals surface area contributed by atoms with E-state index < -0.39 is 17.5 Å². The van der Waals surface area contributed by atoms with Gasteiger partial charge in [0.1, 0.15) is 5.82 Å². The molecule has 0 saturated heterocycles. The van der Waals surface area contributed by atoms with Gasteiger partial charge in [-0.25, -0.2) is 18.2 Å². The molecule has 0 atom stereocenters. The summed E-state index contributed by atoms with van der Waals surface area (Å²) in [7, 11) is 0. The van der Waals surface area contributed by atoms with Crippen molar-refractivity contribution in [3.8, 4) is 11.4 Å². The molecule has 1 N–H and O–H groups in total. The molecule has 0 amide bonds.